The number of benzene rings is 1. The molecule has 0 unspecified atom stereocenters. The molecule has 0 radical (unpaired) electrons. The summed E-state index contributed by atoms with van der Waals surface area (Å²) in [5.41, 5.74) is 8.01. The maximum atomic E-state index is 5.49. The van der Waals surface area contributed by atoms with E-state index in [1.807, 2.05) is 24.3 Å². The Labute approximate surface area is 96.6 Å². The van der Waals surface area contributed by atoms with Gasteiger partial charge in [0.2, 0.25) is 5.88 Å². The van der Waals surface area contributed by atoms with Crippen LogP contribution in [0.15, 0.2) is 47.2 Å². The Morgan fingerprint density at radius 3 is 2.88 bits per heavy atom. The van der Waals surface area contributed by atoms with Gasteiger partial charge < -0.3 is 10.3 Å². The zero-order valence-electron chi connectivity index (χ0n) is 8.82. The zero-order valence-corrected chi connectivity index (χ0v) is 8.82. The smallest absolute Gasteiger partial charge is 0.222 e. The van der Waals surface area contributed by atoms with Crippen LogP contribution in [-0.4, -0.2) is 20.2 Å². The van der Waals surface area contributed by atoms with E-state index in [0.29, 0.717) is 11.6 Å². The highest BCUT2D eigenvalue weighted by atomic mass is 16.5. The van der Waals surface area contributed by atoms with E-state index in [9.17, 15) is 0 Å². The summed E-state index contributed by atoms with van der Waals surface area (Å²) in [6, 6.07) is 9.39. The number of nitrogens with two attached hydrogens (primary N) is 1. The predicted molar refractivity (Wildman–Crippen MR) is 61.3 cm³/mol. The Morgan fingerprint density at radius 2 is 2.18 bits per heavy atom. The molecule has 0 saturated heterocycles. The van der Waals surface area contributed by atoms with Crippen LogP contribution in [0, 0.1) is 0 Å². The van der Waals surface area contributed by atoms with Crippen LogP contribution in [0.5, 0.6) is 0 Å². The highest BCUT2D eigenvalue weighted by Crippen LogP contribution is 2.22. The molecular formula is C11H9N5O. The molecule has 17 heavy (non-hydrogen) atoms. The molecule has 2 N–H and O–H groups in total. The number of aromatic nitrogens is 4. The third-order valence-corrected chi connectivity index (χ3v) is 2.36. The van der Waals surface area contributed by atoms with Gasteiger partial charge in [0, 0.05) is 11.6 Å². The van der Waals surface area contributed by atoms with Crippen molar-refractivity contribution in [1.29, 1.82) is 0 Å². The van der Waals surface area contributed by atoms with E-state index in [1.165, 1.54) is 0 Å². The van der Waals surface area contributed by atoms with Gasteiger partial charge in [-0.15, -0.1) is 5.10 Å². The molecule has 0 atom stereocenters. The van der Waals surface area contributed by atoms with E-state index in [0.717, 1.165) is 11.3 Å². The molecule has 3 aromatic rings. The lowest BCUT2D eigenvalue weighted by molar-refractivity contribution is 0.439. The minimum atomic E-state index is 0.297. The van der Waals surface area contributed by atoms with E-state index in [-0.39, 0.29) is 0 Å². The number of hydrogen-bond donors (Lipinski definition) is 1. The third-order valence-electron chi connectivity index (χ3n) is 2.36. The molecule has 0 aliphatic heterocycles. The van der Waals surface area contributed by atoms with Gasteiger partial charge in [-0.25, -0.2) is 4.68 Å². The van der Waals surface area contributed by atoms with Crippen LogP contribution in [0.2, 0.25) is 0 Å². The summed E-state index contributed by atoms with van der Waals surface area (Å²) in [4.78, 5) is 0. The highest BCUT2D eigenvalue weighted by Gasteiger charge is 2.05. The Bertz CT molecular complexity index is 629. The van der Waals surface area contributed by atoms with Crippen molar-refractivity contribution in [2.75, 3.05) is 5.73 Å². The summed E-state index contributed by atoms with van der Waals surface area (Å²) >= 11 is 0. The number of anilines is 1. The predicted octanol–water partition coefficient (Wildman–Crippen LogP) is 1.50. The molecule has 2 heterocycles. The van der Waals surface area contributed by atoms with Crippen LogP contribution in [0.4, 0.5) is 5.88 Å². The van der Waals surface area contributed by atoms with Gasteiger partial charge in [-0.05, 0) is 12.1 Å². The van der Waals surface area contributed by atoms with Crippen molar-refractivity contribution in [2.24, 2.45) is 0 Å². The quantitative estimate of drug-likeness (QED) is 0.717. The maximum Gasteiger partial charge on any atom is 0.222 e. The summed E-state index contributed by atoms with van der Waals surface area (Å²) < 4.78 is 6.52. The van der Waals surface area contributed by atoms with Crippen LogP contribution in [0.25, 0.3) is 16.9 Å². The Hall–Kier alpha value is -2.63. The van der Waals surface area contributed by atoms with Crippen molar-refractivity contribution in [3.05, 3.63) is 42.7 Å². The van der Waals surface area contributed by atoms with Gasteiger partial charge in [-0.3, -0.25) is 0 Å². The second-order valence-corrected chi connectivity index (χ2v) is 3.51. The number of hydrogen-bond acceptors (Lipinski definition) is 5. The van der Waals surface area contributed by atoms with E-state index < -0.39 is 0 Å². The Morgan fingerprint density at radius 1 is 1.24 bits per heavy atom. The molecule has 6 nitrogen and oxygen atoms in total. The van der Waals surface area contributed by atoms with Crippen molar-refractivity contribution >= 4 is 5.88 Å². The first-order valence-corrected chi connectivity index (χ1v) is 5.02. The van der Waals surface area contributed by atoms with Crippen LogP contribution in [0.3, 0.4) is 0 Å². The maximum absolute atomic E-state index is 5.49. The molecule has 2 aromatic heterocycles. The molecule has 0 spiro atoms. The fourth-order valence-electron chi connectivity index (χ4n) is 1.58. The average molecular weight is 227 g/mol. The molecule has 3 rings (SSSR count). The molecule has 84 valence electrons. The summed E-state index contributed by atoms with van der Waals surface area (Å²) in [5, 5.41) is 11.6. The van der Waals surface area contributed by atoms with E-state index >= 15 is 0 Å². The van der Waals surface area contributed by atoms with Crippen molar-refractivity contribution in [3.8, 4) is 16.9 Å². The molecular weight excluding hydrogens is 218 g/mol. The lowest BCUT2D eigenvalue weighted by atomic mass is 10.1. The first-order chi connectivity index (χ1) is 8.33. The van der Waals surface area contributed by atoms with Crippen molar-refractivity contribution in [3.63, 3.8) is 0 Å². The topological polar surface area (TPSA) is 82.8 Å². The zero-order chi connectivity index (χ0) is 11.7. The van der Waals surface area contributed by atoms with Gasteiger partial charge in [0.15, 0.2) is 0 Å². The van der Waals surface area contributed by atoms with Crippen LogP contribution in [0.1, 0.15) is 0 Å². The second-order valence-electron chi connectivity index (χ2n) is 3.51. The summed E-state index contributed by atoms with van der Waals surface area (Å²) in [6.07, 6.45) is 3.40. The standard InChI is InChI=1S/C11H9N5O/c12-11-7-10(14-17-11)8-2-1-3-9(6-8)16-5-4-13-15-16/h1-7H,12H2. The van der Waals surface area contributed by atoms with Crippen molar-refractivity contribution in [1.82, 2.24) is 20.2 Å². The van der Waals surface area contributed by atoms with E-state index in [2.05, 4.69) is 15.5 Å². The van der Waals surface area contributed by atoms with E-state index in [4.69, 9.17) is 10.3 Å². The second kappa shape index (κ2) is 3.75. The van der Waals surface area contributed by atoms with Gasteiger partial charge >= 0.3 is 0 Å². The molecule has 0 bridgehead atoms. The lowest BCUT2D eigenvalue weighted by Crippen LogP contribution is -1.95. The first-order valence-electron chi connectivity index (χ1n) is 5.02. The number of rotatable bonds is 2. The average Bonchev–Trinajstić information content (AvgIpc) is 3.00. The van der Waals surface area contributed by atoms with Gasteiger partial charge in [-0.2, -0.15) is 0 Å². The lowest BCUT2D eigenvalue weighted by Gasteiger charge is -2.01. The summed E-state index contributed by atoms with van der Waals surface area (Å²) in [6.45, 7) is 0. The summed E-state index contributed by atoms with van der Waals surface area (Å²) in [7, 11) is 0. The van der Waals surface area contributed by atoms with Crippen molar-refractivity contribution < 1.29 is 4.52 Å². The van der Waals surface area contributed by atoms with Gasteiger partial charge in [0.1, 0.15) is 5.69 Å². The van der Waals surface area contributed by atoms with Crippen LogP contribution in [-0.2, 0) is 0 Å². The number of nitrogen functional groups attached to an aromatic ring is 1. The molecule has 6 heteroatoms. The fraction of sp³-hybridized carbons (Fsp3) is 0. The minimum Gasteiger partial charge on any atom is -0.368 e. The SMILES string of the molecule is Nc1cc(-c2cccc(-n3ccnn3)c2)no1. The van der Waals surface area contributed by atoms with Crippen molar-refractivity contribution in [2.45, 2.75) is 0 Å². The molecule has 0 fully saturated rings. The van der Waals surface area contributed by atoms with Gasteiger partial charge in [0.05, 0.1) is 18.1 Å². The van der Waals surface area contributed by atoms with Gasteiger partial charge in [-0.1, -0.05) is 22.5 Å². The Balaban J connectivity index is 2.05. The molecule has 0 aliphatic rings. The monoisotopic (exact) mass is 227 g/mol. The number of nitrogens with zero attached hydrogens (tertiary/aromatic N) is 4. The fourth-order valence-corrected chi connectivity index (χ4v) is 1.58. The highest BCUT2D eigenvalue weighted by molar-refractivity contribution is 5.63. The molecule has 0 aliphatic carbocycles. The van der Waals surface area contributed by atoms with Gasteiger partial charge in [0.25, 0.3) is 0 Å². The summed E-state index contributed by atoms with van der Waals surface area (Å²) in [5.74, 6) is 0.297. The van der Waals surface area contributed by atoms with E-state index in [1.54, 1.807) is 23.1 Å². The van der Waals surface area contributed by atoms with Crippen LogP contribution < -0.4 is 5.73 Å². The first kappa shape index (κ1) is 9.59. The third kappa shape index (κ3) is 1.76. The molecule has 0 amide bonds. The normalized spacial score (nSPS) is 10.6. The molecule has 1 aromatic carbocycles. The molecule has 0 saturated carbocycles. The van der Waals surface area contributed by atoms with Crippen LogP contribution >= 0.6 is 0 Å². The Kier molecular flexibility index (Phi) is 2.11. The minimum absolute atomic E-state index is 0.297. The largest absolute Gasteiger partial charge is 0.368 e.